The van der Waals surface area contributed by atoms with Crippen LogP contribution in [0.15, 0.2) is 24.3 Å². The van der Waals surface area contributed by atoms with Crippen LogP contribution in [0.4, 0.5) is 0 Å². The van der Waals surface area contributed by atoms with Gasteiger partial charge in [0.25, 0.3) is 0 Å². The van der Waals surface area contributed by atoms with E-state index >= 15 is 0 Å². The maximum atomic E-state index is 12.3. The van der Waals surface area contributed by atoms with Crippen molar-refractivity contribution >= 4 is 18.3 Å². The fourth-order valence-corrected chi connectivity index (χ4v) is 2.52. The first-order chi connectivity index (χ1) is 8.76. The normalized spacial score (nSPS) is 18.0. The summed E-state index contributed by atoms with van der Waals surface area (Å²) < 4.78 is 5.27. The number of rotatable bonds is 4. The zero-order valence-electron chi connectivity index (χ0n) is 11.2. The summed E-state index contributed by atoms with van der Waals surface area (Å²) in [5, 5.41) is 0. The lowest BCUT2D eigenvalue weighted by Gasteiger charge is -2.23. The summed E-state index contributed by atoms with van der Waals surface area (Å²) in [6.45, 7) is 1.38. The highest BCUT2D eigenvalue weighted by molar-refractivity contribution is 5.85. The van der Waals surface area contributed by atoms with Gasteiger partial charge < -0.3 is 15.4 Å². The molecule has 4 nitrogen and oxygen atoms in total. The molecule has 1 unspecified atom stereocenters. The lowest BCUT2D eigenvalue weighted by Crippen LogP contribution is -2.40. The van der Waals surface area contributed by atoms with Gasteiger partial charge in [0.05, 0.1) is 13.5 Å². The van der Waals surface area contributed by atoms with Crippen LogP contribution in [0.5, 0.6) is 5.75 Å². The van der Waals surface area contributed by atoms with E-state index in [0.29, 0.717) is 13.0 Å². The second-order valence-corrected chi connectivity index (χ2v) is 4.61. The van der Waals surface area contributed by atoms with Crippen LogP contribution in [-0.2, 0) is 11.2 Å². The number of methoxy groups -OCH3 is 1. The van der Waals surface area contributed by atoms with Crippen molar-refractivity contribution < 1.29 is 9.53 Å². The number of hydrogen-bond acceptors (Lipinski definition) is 3. The Bertz CT molecular complexity index is 426. The number of carbonyl (C=O) groups excluding carboxylic acids is 1. The van der Waals surface area contributed by atoms with Gasteiger partial charge in [0.2, 0.25) is 5.91 Å². The Morgan fingerprint density at radius 1 is 1.47 bits per heavy atom. The van der Waals surface area contributed by atoms with E-state index in [1.165, 1.54) is 0 Å². The SMILES string of the molecule is COc1ccccc1CC(=O)N1CCCC1CN.Cl. The Labute approximate surface area is 120 Å². The minimum atomic E-state index is 0. The fourth-order valence-electron chi connectivity index (χ4n) is 2.52. The van der Waals surface area contributed by atoms with Crippen LogP contribution >= 0.6 is 12.4 Å². The summed E-state index contributed by atoms with van der Waals surface area (Å²) in [7, 11) is 1.63. The van der Waals surface area contributed by atoms with Crippen molar-refractivity contribution in [2.24, 2.45) is 5.73 Å². The molecule has 19 heavy (non-hydrogen) atoms. The van der Waals surface area contributed by atoms with E-state index in [9.17, 15) is 4.79 Å². The molecule has 106 valence electrons. The Morgan fingerprint density at radius 2 is 2.21 bits per heavy atom. The first kappa shape index (κ1) is 15.8. The standard InChI is InChI=1S/C14H20N2O2.ClH/c1-18-13-7-3-2-5-11(13)9-14(17)16-8-4-6-12(16)10-15;/h2-3,5,7,12H,4,6,8-10,15H2,1H3;1H. The molecule has 1 saturated heterocycles. The van der Waals surface area contributed by atoms with Gasteiger partial charge in [0, 0.05) is 24.7 Å². The fraction of sp³-hybridized carbons (Fsp3) is 0.500. The Morgan fingerprint density at radius 3 is 2.89 bits per heavy atom. The van der Waals surface area contributed by atoms with Crippen molar-refractivity contribution in [3.05, 3.63) is 29.8 Å². The quantitative estimate of drug-likeness (QED) is 0.914. The van der Waals surface area contributed by atoms with Gasteiger partial charge in [-0.25, -0.2) is 0 Å². The van der Waals surface area contributed by atoms with E-state index in [1.807, 2.05) is 29.2 Å². The van der Waals surface area contributed by atoms with Crippen molar-refractivity contribution in [3.63, 3.8) is 0 Å². The minimum absolute atomic E-state index is 0. The molecule has 1 aromatic carbocycles. The third-order valence-corrected chi connectivity index (χ3v) is 3.50. The first-order valence-corrected chi connectivity index (χ1v) is 6.37. The molecule has 0 aliphatic carbocycles. The third kappa shape index (κ3) is 3.61. The van der Waals surface area contributed by atoms with Crippen LogP contribution in [0.3, 0.4) is 0 Å². The van der Waals surface area contributed by atoms with Gasteiger partial charge in [-0.15, -0.1) is 12.4 Å². The lowest BCUT2D eigenvalue weighted by atomic mass is 10.1. The Hall–Kier alpha value is -1.26. The highest BCUT2D eigenvalue weighted by Crippen LogP contribution is 2.21. The molecule has 0 spiro atoms. The molecule has 0 radical (unpaired) electrons. The molecular formula is C14H21ClN2O2. The number of hydrogen-bond donors (Lipinski definition) is 1. The molecular weight excluding hydrogens is 264 g/mol. The van der Waals surface area contributed by atoms with Gasteiger partial charge in [-0.05, 0) is 18.9 Å². The van der Waals surface area contributed by atoms with E-state index in [4.69, 9.17) is 10.5 Å². The van der Waals surface area contributed by atoms with Crippen molar-refractivity contribution in [2.45, 2.75) is 25.3 Å². The summed E-state index contributed by atoms with van der Waals surface area (Å²) in [6, 6.07) is 7.87. The average Bonchev–Trinajstić information content (AvgIpc) is 2.87. The first-order valence-electron chi connectivity index (χ1n) is 6.37. The molecule has 0 saturated carbocycles. The van der Waals surface area contributed by atoms with E-state index < -0.39 is 0 Å². The molecule has 2 N–H and O–H groups in total. The monoisotopic (exact) mass is 284 g/mol. The van der Waals surface area contributed by atoms with Crippen molar-refractivity contribution in [1.29, 1.82) is 0 Å². The predicted octanol–water partition coefficient (Wildman–Crippen LogP) is 1.61. The van der Waals surface area contributed by atoms with Gasteiger partial charge in [-0.2, -0.15) is 0 Å². The van der Waals surface area contributed by atoms with Crippen molar-refractivity contribution in [2.75, 3.05) is 20.2 Å². The number of nitrogens with two attached hydrogens (primary N) is 1. The summed E-state index contributed by atoms with van der Waals surface area (Å²) in [6.07, 6.45) is 2.47. The molecule has 5 heteroatoms. The van der Waals surface area contributed by atoms with Crippen LogP contribution < -0.4 is 10.5 Å². The zero-order valence-corrected chi connectivity index (χ0v) is 12.0. The average molecular weight is 285 g/mol. The molecule has 1 amide bonds. The molecule has 1 aliphatic rings. The van der Waals surface area contributed by atoms with Gasteiger partial charge >= 0.3 is 0 Å². The molecule has 0 aromatic heterocycles. The number of ether oxygens (including phenoxy) is 1. The number of nitrogens with zero attached hydrogens (tertiary/aromatic N) is 1. The molecule has 1 atom stereocenters. The Kier molecular flexibility index (Phi) is 6.12. The van der Waals surface area contributed by atoms with Gasteiger partial charge in [-0.1, -0.05) is 18.2 Å². The van der Waals surface area contributed by atoms with Gasteiger partial charge in [0.15, 0.2) is 0 Å². The van der Waals surface area contributed by atoms with Crippen LogP contribution in [0.1, 0.15) is 18.4 Å². The molecule has 1 heterocycles. The van der Waals surface area contributed by atoms with Gasteiger partial charge in [-0.3, -0.25) is 4.79 Å². The van der Waals surface area contributed by atoms with Crippen molar-refractivity contribution in [1.82, 2.24) is 4.90 Å². The highest BCUT2D eigenvalue weighted by atomic mass is 35.5. The smallest absolute Gasteiger partial charge is 0.227 e. The lowest BCUT2D eigenvalue weighted by molar-refractivity contribution is -0.131. The molecule has 1 aliphatic heterocycles. The largest absolute Gasteiger partial charge is 0.496 e. The second-order valence-electron chi connectivity index (χ2n) is 4.61. The maximum Gasteiger partial charge on any atom is 0.227 e. The molecule has 0 bridgehead atoms. The number of likely N-dealkylation sites (tertiary alicyclic amines) is 1. The maximum absolute atomic E-state index is 12.3. The van der Waals surface area contributed by atoms with Crippen LogP contribution in [-0.4, -0.2) is 37.0 Å². The van der Waals surface area contributed by atoms with E-state index in [2.05, 4.69) is 0 Å². The Balaban J connectivity index is 0.00000180. The number of para-hydroxylation sites is 1. The topological polar surface area (TPSA) is 55.6 Å². The zero-order chi connectivity index (χ0) is 13.0. The van der Waals surface area contributed by atoms with E-state index in [0.717, 1.165) is 30.7 Å². The third-order valence-electron chi connectivity index (χ3n) is 3.50. The number of halogens is 1. The number of benzene rings is 1. The van der Waals surface area contributed by atoms with E-state index in [1.54, 1.807) is 7.11 Å². The minimum Gasteiger partial charge on any atom is -0.496 e. The van der Waals surface area contributed by atoms with Gasteiger partial charge in [0.1, 0.15) is 5.75 Å². The van der Waals surface area contributed by atoms with E-state index in [-0.39, 0.29) is 24.4 Å². The van der Waals surface area contributed by atoms with Crippen LogP contribution in [0, 0.1) is 0 Å². The summed E-state index contributed by atoms with van der Waals surface area (Å²) in [5.41, 5.74) is 6.63. The molecule has 1 aromatic rings. The summed E-state index contributed by atoms with van der Waals surface area (Å²) in [4.78, 5) is 14.2. The van der Waals surface area contributed by atoms with Crippen LogP contribution in [0.25, 0.3) is 0 Å². The van der Waals surface area contributed by atoms with Crippen LogP contribution in [0.2, 0.25) is 0 Å². The highest BCUT2D eigenvalue weighted by Gasteiger charge is 2.27. The molecule has 2 rings (SSSR count). The number of carbonyl (C=O) groups is 1. The second kappa shape index (κ2) is 7.36. The molecule has 1 fully saturated rings. The van der Waals surface area contributed by atoms with Crippen molar-refractivity contribution in [3.8, 4) is 5.75 Å². The number of amides is 1. The predicted molar refractivity (Wildman–Crippen MR) is 77.7 cm³/mol. The summed E-state index contributed by atoms with van der Waals surface area (Å²) >= 11 is 0. The summed E-state index contributed by atoms with van der Waals surface area (Å²) in [5.74, 6) is 0.918.